The maximum Gasteiger partial charge on any atom is 0.0780 e. The molecule has 0 aromatic rings. The molecule has 0 aromatic carbocycles. The molecule has 0 aromatic heterocycles. The van der Waals surface area contributed by atoms with Gasteiger partial charge in [-0.1, -0.05) is 33.1 Å². The number of hydrogen-bond acceptors (Lipinski definition) is 3. The van der Waals surface area contributed by atoms with Gasteiger partial charge in [0.05, 0.1) is 25.4 Å². The van der Waals surface area contributed by atoms with Gasteiger partial charge in [-0.25, -0.2) is 0 Å². The Labute approximate surface area is 107 Å². The van der Waals surface area contributed by atoms with Crippen LogP contribution in [0.5, 0.6) is 0 Å². The molecule has 17 heavy (non-hydrogen) atoms. The molecule has 0 aliphatic heterocycles. The van der Waals surface area contributed by atoms with E-state index >= 15 is 0 Å². The summed E-state index contributed by atoms with van der Waals surface area (Å²) < 4.78 is 11.0. The van der Waals surface area contributed by atoms with Crippen LogP contribution in [0.25, 0.3) is 0 Å². The zero-order valence-electron chi connectivity index (χ0n) is 11.9. The normalized spacial score (nSPS) is 15.2. The van der Waals surface area contributed by atoms with Crippen molar-refractivity contribution < 1.29 is 14.6 Å². The maximum atomic E-state index is 8.80. The van der Waals surface area contributed by atoms with Crippen LogP contribution in [0.15, 0.2) is 0 Å². The average molecular weight is 246 g/mol. The molecule has 2 unspecified atom stereocenters. The van der Waals surface area contributed by atoms with E-state index in [-0.39, 0.29) is 18.8 Å². The molecule has 0 rings (SSSR count). The van der Waals surface area contributed by atoms with E-state index in [9.17, 15) is 0 Å². The summed E-state index contributed by atoms with van der Waals surface area (Å²) in [6.07, 6.45) is 5.02. The van der Waals surface area contributed by atoms with Gasteiger partial charge >= 0.3 is 0 Å². The number of hydrogen-bond donors (Lipinski definition) is 1. The first-order chi connectivity index (χ1) is 8.06. The first-order valence-corrected chi connectivity index (χ1v) is 6.90. The molecule has 0 fully saturated rings. The van der Waals surface area contributed by atoms with Gasteiger partial charge in [-0.05, 0) is 26.2 Å². The van der Waals surface area contributed by atoms with E-state index < -0.39 is 0 Å². The number of aliphatic hydroxyl groups excluding tert-OH is 1. The van der Waals surface area contributed by atoms with Crippen molar-refractivity contribution in [2.45, 2.75) is 65.6 Å². The van der Waals surface area contributed by atoms with E-state index in [4.69, 9.17) is 14.6 Å². The van der Waals surface area contributed by atoms with E-state index in [1.165, 1.54) is 19.3 Å². The zero-order valence-corrected chi connectivity index (χ0v) is 11.9. The lowest BCUT2D eigenvalue weighted by atomic mass is 10.1. The summed E-state index contributed by atoms with van der Waals surface area (Å²) in [5.74, 6) is 0.809. The number of rotatable bonds is 11. The topological polar surface area (TPSA) is 38.7 Å². The van der Waals surface area contributed by atoms with Crippen molar-refractivity contribution >= 4 is 0 Å². The lowest BCUT2D eigenvalue weighted by Crippen LogP contribution is -2.22. The van der Waals surface area contributed by atoms with E-state index in [0.717, 1.165) is 18.9 Å². The Balaban J connectivity index is 3.24. The van der Waals surface area contributed by atoms with Gasteiger partial charge in [0.25, 0.3) is 0 Å². The van der Waals surface area contributed by atoms with E-state index in [0.29, 0.717) is 6.61 Å². The van der Waals surface area contributed by atoms with Crippen LogP contribution in [0.3, 0.4) is 0 Å². The van der Waals surface area contributed by atoms with E-state index in [1.54, 1.807) is 0 Å². The fourth-order valence-corrected chi connectivity index (χ4v) is 1.52. The van der Waals surface area contributed by atoms with Crippen LogP contribution in [-0.4, -0.2) is 37.1 Å². The van der Waals surface area contributed by atoms with Crippen molar-refractivity contribution in [1.29, 1.82) is 0 Å². The fraction of sp³-hybridized carbons (Fsp3) is 1.00. The Morgan fingerprint density at radius 1 is 0.882 bits per heavy atom. The number of ether oxygens (including phenoxy) is 2. The SMILES string of the molecule is CC(C)CCCCCOC(C)COC(C)CO. The van der Waals surface area contributed by atoms with Crippen molar-refractivity contribution in [2.75, 3.05) is 19.8 Å². The van der Waals surface area contributed by atoms with Crippen molar-refractivity contribution in [2.24, 2.45) is 5.92 Å². The third-order valence-electron chi connectivity index (χ3n) is 2.70. The minimum absolute atomic E-state index is 0.0714. The van der Waals surface area contributed by atoms with Gasteiger partial charge in [0.2, 0.25) is 0 Å². The Morgan fingerprint density at radius 3 is 2.18 bits per heavy atom. The van der Waals surface area contributed by atoms with Gasteiger partial charge in [0.1, 0.15) is 0 Å². The second-order valence-corrected chi connectivity index (χ2v) is 5.25. The number of unbranched alkanes of at least 4 members (excludes halogenated alkanes) is 2. The largest absolute Gasteiger partial charge is 0.394 e. The third-order valence-corrected chi connectivity index (χ3v) is 2.70. The minimum atomic E-state index is -0.0907. The number of aliphatic hydroxyl groups is 1. The van der Waals surface area contributed by atoms with Crippen LogP contribution in [0.2, 0.25) is 0 Å². The summed E-state index contributed by atoms with van der Waals surface area (Å²) in [6, 6.07) is 0. The molecule has 0 saturated carbocycles. The average Bonchev–Trinajstić information content (AvgIpc) is 2.30. The highest BCUT2D eigenvalue weighted by molar-refractivity contribution is 4.52. The van der Waals surface area contributed by atoms with Gasteiger partial charge in [0.15, 0.2) is 0 Å². The van der Waals surface area contributed by atoms with Crippen LogP contribution in [-0.2, 0) is 9.47 Å². The van der Waals surface area contributed by atoms with E-state index in [2.05, 4.69) is 13.8 Å². The Kier molecular flexibility index (Phi) is 10.9. The monoisotopic (exact) mass is 246 g/mol. The fourth-order valence-electron chi connectivity index (χ4n) is 1.52. The highest BCUT2D eigenvalue weighted by atomic mass is 16.5. The van der Waals surface area contributed by atoms with Gasteiger partial charge in [-0.15, -0.1) is 0 Å². The van der Waals surface area contributed by atoms with Crippen molar-refractivity contribution in [1.82, 2.24) is 0 Å². The van der Waals surface area contributed by atoms with Crippen LogP contribution in [0.4, 0.5) is 0 Å². The molecule has 0 spiro atoms. The summed E-state index contributed by atoms with van der Waals surface area (Å²) in [5, 5.41) is 8.80. The summed E-state index contributed by atoms with van der Waals surface area (Å²) in [7, 11) is 0. The third kappa shape index (κ3) is 12.1. The molecule has 0 amide bonds. The van der Waals surface area contributed by atoms with Gasteiger partial charge in [-0.2, -0.15) is 0 Å². The van der Waals surface area contributed by atoms with Crippen LogP contribution in [0.1, 0.15) is 53.4 Å². The molecule has 0 aliphatic rings. The Morgan fingerprint density at radius 2 is 1.59 bits per heavy atom. The van der Waals surface area contributed by atoms with Gasteiger partial charge in [0, 0.05) is 6.61 Å². The molecule has 3 heteroatoms. The van der Waals surface area contributed by atoms with Crippen LogP contribution in [0, 0.1) is 5.92 Å². The predicted molar refractivity (Wildman–Crippen MR) is 71.2 cm³/mol. The summed E-state index contributed by atoms with van der Waals surface area (Å²) in [5.41, 5.74) is 0. The molecule has 2 atom stereocenters. The minimum Gasteiger partial charge on any atom is -0.394 e. The van der Waals surface area contributed by atoms with E-state index in [1.807, 2.05) is 13.8 Å². The second-order valence-electron chi connectivity index (χ2n) is 5.25. The molecule has 0 saturated heterocycles. The summed E-state index contributed by atoms with van der Waals surface area (Å²) in [4.78, 5) is 0. The standard InChI is InChI=1S/C14H30O3/c1-12(2)8-6-5-7-9-16-14(4)11-17-13(3)10-15/h12-15H,5-11H2,1-4H3. The molecular weight excluding hydrogens is 216 g/mol. The molecule has 0 heterocycles. The Bertz CT molecular complexity index is 160. The molecule has 0 bridgehead atoms. The highest BCUT2D eigenvalue weighted by Crippen LogP contribution is 2.08. The maximum absolute atomic E-state index is 8.80. The molecule has 0 aliphatic carbocycles. The highest BCUT2D eigenvalue weighted by Gasteiger charge is 2.05. The van der Waals surface area contributed by atoms with Crippen LogP contribution >= 0.6 is 0 Å². The van der Waals surface area contributed by atoms with Gasteiger partial charge < -0.3 is 14.6 Å². The van der Waals surface area contributed by atoms with Crippen molar-refractivity contribution in [3.05, 3.63) is 0 Å². The quantitative estimate of drug-likeness (QED) is 0.570. The van der Waals surface area contributed by atoms with Crippen LogP contribution < -0.4 is 0 Å². The Hall–Kier alpha value is -0.120. The first-order valence-electron chi connectivity index (χ1n) is 6.90. The van der Waals surface area contributed by atoms with Gasteiger partial charge in [-0.3, -0.25) is 0 Å². The van der Waals surface area contributed by atoms with Crippen molar-refractivity contribution in [3.63, 3.8) is 0 Å². The lowest BCUT2D eigenvalue weighted by molar-refractivity contribution is -0.0459. The predicted octanol–water partition coefficient (Wildman–Crippen LogP) is 3.01. The smallest absolute Gasteiger partial charge is 0.0780 e. The van der Waals surface area contributed by atoms with Crippen molar-refractivity contribution in [3.8, 4) is 0 Å². The molecule has 104 valence electrons. The summed E-state index contributed by atoms with van der Waals surface area (Å²) in [6.45, 7) is 9.85. The summed E-state index contributed by atoms with van der Waals surface area (Å²) >= 11 is 0. The molecule has 0 radical (unpaired) electrons. The first kappa shape index (κ1) is 16.9. The molecule has 3 nitrogen and oxygen atoms in total. The zero-order chi connectivity index (χ0) is 13.1. The molecule has 1 N–H and O–H groups in total. The lowest BCUT2D eigenvalue weighted by Gasteiger charge is -2.16. The second kappa shape index (κ2) is 11.0. The molecular formula is C14H30O3.